The van der Waals surface area contributed by atoms with Crippen molar-refractivity contribution in [2.75, 3.05) is 23.3 Å². The van der Waals surface area contributed by atoms with Crippen molar-refractivity contribution >= 4 is 33.7 Å². The normalized spacial score (nSPS) is 14.2. The second kappa shape index (κ2) is 6.76. The third-order valence-corrected chi connectivity index (χ3v) is 4.91. The standard InChI is InChI=1S/C19H19ClN4O/c20-18-17-11-14(6-7-16(17)19(25)23-22-18)21-12-13-4-3-5-15(10-13)24-8-1-2-9-24/h3-7,10-11,21H,1-2,8-9,12H2,(H,23,25). The van der Waals surface area contributed by atoms with E-state index in [9.17, 15) is 4.79 Å². The van der Waals surface area contributed by atoms with Gasteiger partial charge in [0.15, 0.2) is 5.15 Å². The minimum absolute atomic E-state index is 0.232. The molecule has 1 saturated heterocycles. The lowest BCUT2D eigenvalue weighted by Crippen LogP contribution is -2.17. The number of rotatable bonds is 4. The summed E-state index contributed by atoms with van der Waals surface area (Å²) in [5.41, 5.74) is 3.19. The van der Waals surface area contributed by atoms with Gasteiger partial charge in [-0.05, 0) is 48.7 Å². The summed E-state index contributed by atoms with van der Waals surface area (Å²) < 4.78 is 0. The molecule has 1 aromatic heterocycles. The Balaban J connectivity index is 1.53. The molecule has 128 valence electrons. The third-order valence-electron chi connectivity index (χ3n) is 4.62. The number of aromatic amines is 1. The average molecular weight is 355 g/mol. The van der Waals surface area contributed by atoms with Crippen LogP contribution in [0.2, 0.25) is 5.15 Å². The molecule has 0 bridgehead atoms. The minimum atomic E-state index is -0.232. The highest BCUT2D eigenvalue weighted by Gasteiger charge is 2.12. The third kappa shape index (κ3) is 3.33. The summed E-state index contributed by atoms with van der Waals surface area (Å²) in [5.74, 6) is 0. The molecule has 0 spiro atoms. The van der Waals surface area contributed by atoms with E-state index in [-0.39, 0.29) is 5.56 Å². The first kappa shape index (κ1) is 16.0. The van der Waals surface area contributed by atoms with Crippen molar-refractivity contribution in [2.24, 2.45) is 0 Å². The zero-order chi connectivity index (χ0) is 17.2. The topological polar surface area (TPSA) is 61.0 Å². The molecule has 0 atom stereocenters. The van der Waals surface area contributed by atoms with E-state index < -0.39 is 0 Å². The van der Waals surface area contributed by atoms with Gasteiger partial charge in [0, 0.05) is 36.4 Å². The van der Waals surface area contributed by atoms with Gasteiger partial charge < -0.3 is 10.2 Å². The van der Waals surface area contributed by atoms with Gasteiger partial charge in [-0.3, -0.25) is 4.79 Å². The number of nitrogens with zero attached hydrogens (tertiary/aromatic N) is 2. The molecule has 25 heavy (non-hydrogen) atoms. The van der Waals surface area contributed by atoms with Gasteiger partial charge in [-0.15, -0.1) is 0 Å². The number of aromatic nitrogens is 2. The van der Waals surface area contributed by atoms with Crippen molar-refractivity contribution in [1.29, 1.82) is 0 Å². The molecule has 3 aromatic rings. The molecule has 2 heterocycles. The van der Waals surface area contributed by atoms with Gasteiger partial charge >= 0.3 is 0 Å². The molecule has 0 radical (unpaired) electrons. The van der Waals surface area contributed by atoms with E-state index >= 15 is 0 Å². The number of halogens is 1. The predicted octanol–water partition coefficient (Wildman–Crippen LogP) is 3.79. The van der Waals surface area contributed by atoms with Crippen LogP contribution in [0.1, 0.15) is 18.4 Å². The van der Waals surface area contributed by atoms with Crippen molar-refractivity contribution in [1.82, 2.24) is 10.2 Å². The molecule has 6 heteroatoms. The first-order chi connectivity index (χ1) is 12.2. The Labute approximate surface area is 150 Å². The van der Waals surface area contributed by atoms with Crippen molar-refractivity contribution in [3.63, 3.8) is 0 Å². The van der Waals surface area contributed by atoms with Gasteiger partial charge in [-0.1, -0.05) is 23.7 Å². The molecule has 2 N–H and O–H groups in total. The first-order valence-electron chi connectivity index (χ1n) is 8.46. The summed E-state index contributed by atoms with van der Waals surface area (Å²) in [4.78, 5) is 14.2. The fraction of sp³-hybridized carbons (Fsp3) is 0.263. The Hall–Kier alpha value is -2.53. The number of hydrogen-bond acceptors (Lipinski definition) is 4. The maximum atomic E-state index is 11.8. The molecule has 1 aliphatic rings. The number of fused-ring (bicyclic) bond motifs is 1. The van der Waals surface area contributed by atoms with Crippen molar-refractivity contribution < 1.29 is 0 Å². The lowest BCUT2D eigenvalue weighted by atomic mass is 10.1. The molecule has 0 amide bonds. The summed E-state index contributed by atoms with van der Waals surface area (Å²) in [6, 6.07) is 14.1. The van der Waals surface area contributed by atoms with E-state index in [2.05, 4.69) is 44.7 Å². The van der Waals surface area contributed by atoms with E-state index in [0.717, 1.165) is 18.8 Å². The van der Waals surface area contributed by atoms with Crippen LogP contribution in [-0.2, 0) is 6.54 Å². The molecule has 1 fully saturated rings. The maximum absolute atomic E-state index is 11.8. The molecular formula is C19H19ClN4O. The number of H-pyrrole nitrogens is 1. The van der Waals surface area contributed by atoms with E-state index in [1.54, 1.807) is 6.07 Å². The van der Waals surface area contributed by atoms with Crippen LogP contribution in [0.4, 0.5) is 11.4 Å². The van der Waals surface area contributed by atoms with Crippen LogP contribution in [-0.4, -0.2) is 23.3 Å². The van der Waals surface area contributed by atoms with Gasteiger partial charge in [0.05, 0.1) is 5.39 Å². The Morgan fingerprint density at radius 2 is 1.96 bits per heavy atom. The lowest BCUT2D eigenvalue weighted by Gasteiger charge is -2.18. The summed E-state index contributed by atoms with van der Waals surface area (Å²) in [6.45, 7) is 2.99. The van der Waals surface area contributed by atoms with Crippen molar-refractivity contribution in [2.45, 2.75) is 19.4 Å². The average Bonchev–Trinajstić information content (AvgIpc) is 3.18. The Morgan fingerprint density at radius 1 is 1.12 bits per heavy atom. The van der Waals surface area contributed by atoms with Crippen LogP contribution in [0, 0.1) is 0 Å². The van der Waals surface area contributed by atoms with E-state index in [1.807, 2.05) is 12.1 Å². The quantitative estimate of drug-likeness (QED) is 0.748. The van der Waals surface area contributed by atoms with E-state index in [1.165, 1.54) is 24.1 Å². The minimum Gasteiger partial charge on any atom is -0.381 e. The Kier molecular flexibility index (Phi) is 4.32. The monoisotopic (exact) mass is 354 g/mol. The zero-order valence-electron chi connectivity index (χ0n) is 13.8. The molecule has 0 saturated carbocycles. The highest BCUT2D eigenvalue weighted by atomic mass is 35.5. The van der Waals surface area contributed by atoms with Crippen LogP contribution in [0.25, 0.3) is 10.8 Å². The van der Waals surface area contributed by atoms with E-state index in [4.69, 9.17) is 11.6 Å². The SMILES string of the molecule is O=c1[nH]nc(Cl)c2cc(NCc3cccc(N4CCCC4)c3)ccc12. The van der Waals surface area contributed by atoms with Crippen LogP contribution >= 0.6 is 11.6 Å². The molecule has 5 nitrogen and oxygen atoms in total. The molecular weight excluding hydrogens is 336 g/mol. The van der Waals surface area contributed by atoms with Gasteiger partial charge in [-0.2, -0.15) is 5.10 Å². The number of hydrogen-bond donors (Lipinski definition) is 2. The van der Waals surface area contributed by atoms with Crippen LogP contribution in [0.3, 0.4) is 0 Å². The van der Waals surface area contributed by atoms with Crippen LogP contribution < -0.4 is 15.8 Å². The second-order valence-corrected chi connectivity index (χ2v) is 6.68. The smallest absolute Gasteiger partial charge is 0.272 e. The lowest BCUT2D eigenvalue weighted by molar-refractivity contribution is 0.949. The molecule has 0 unspecified atom stereocenters. The van der Waals surface area contributed by atoms with Crippen LogP contribution in [0.15, 0.2) is 47.3 Å². The predicted molar refractivity (Wildman–Crippen MR) is 103 cm³/mol. The van der Waals surface area contributed by atoms with Gasteiger partial charge in [0.1, 0.15) is 0 Å². The molecule has 0 aliphatic carbocycles. The molecule has 4 rings (SSSR count). The summed E-state index contributed by atoms with van der Waals surface area (Å²) in [5, 5.41) is 11.1. The number of nitrogens with one attached hydrogen (secondary N) is 2. The van der Waals surface area contributed by atoms with Crippen molar-refractivity contribution in [3.8, 4) is 0 Å². The van der Waals surface area contributed by atoms with Crippen LogP contribution in [0.5, 0.6) is 0 Å². The summed E-state index contributed by atoms with van der Waals surface area (Å²) >= 11 is 6.10. The first-order valence-corrected chi connectivity index (χ1v) is 8.84. The Bertz CT molecular complexity index is 963. The van der Waals surface area contributed by atoms with E-state index in [0.29, 0.717) is 22.5 Å². The maximum Gasteiger partial charge on any atom is 0.272 e. The fourth-order valence-electron chi connectivity index (χ4n) is 3.29. The highest BCUT2D eigenvalue weighted by Crippen LogP contribution is 2.24. The van der Waals surface area contributed by atoms with Crippen molar-refractivity contribution in [3.05, 3.63) is 63.5 Å². The summed E-state index contributed by atoms with van der Waals surface area (Å²) in [7, 11) is 0. The number of benzene rings is 2. The highest BCUT2D eigenvalue weighted by molar-refractivity contribution is 6.34. The Morgan fingerprint density at radius 3 is 2.80 bits per heavy atom. The van der Waals surface area contributed by atoms with Gasteiger partial charge in [-0.25, -0.2) is 5.10 Å². The summed E-state index contributed by atoms with van der Waals surface area (Å²) in [6.07, 6.45) is 2.54. The molecule has 1 aliphatic heterocycles. The largest absolute Gasteiger partial charge is 0.381 e. The number of anilines is 2. The fourth-order valence-corrected chi connectivity index (χ4v) is 3.48. The van der Waals surface area contributed by atoms with Gasteiger partial charge in [0.2, 0.25) is 0 Å². The zero-order valence-corrected chi connectivity index (χ0v) is 14.5. The second-order valence-electron chi connectivity index (χ2n) is 6.32. The van der Waals surface area contributed by atoms with Gasteiger partial charge in [0.25, 0.3) is 5.56 Å². The molecule has 2 aromatic carbocycles.